The maximum absolute atomic E-state index is 11.8. The second-order valence-corrected chi connectivity index (χ2v) is 5.27. The van der Waals surface area contributed by atoms with Gasteiger partial charge in [0.2, 0.25) is 0 Å². The summed E-state index contributed by atoms with van der Waals surface area (Å²) in [6.45, 7) is 0.999. The van der Waals surface area contributed by atoms with Crippen LogP contribution in [0.2, 0.25) is 10.0 Å². The molecule has 1 heterocycles. The minimum atomic E-state index is -0.326. The Hall–Kier alpha value is -1.76. The van der Waals surface area contributed by atoms with Gasteiger partial charge in [-0.15, -0.1) is 0 Å². The van der Waals surface area contributed by atoms with Gasteiger partial charge in [-0.3, -0.25) is 9.48 Å². The lowest BCUT2D eigenvalue weighted by atomic mass is 10.3. The predicted octanol–water partition coefficient (Wildman–Crippen LogP) is 2.85. The summed E-state index contributed by atoms with van der Waals surface area (Å²) in [5, 5.41) is 7.70. The molecule has 1 amide bonds. The predicted molar refractivity (Wildman–Crippen MR) is 84.7 cm³/mol. The molecule has 0 aliphatic carbocycles. The van der Waals surface area contributed by atoms with Crippen molar-refractivity contribution < 1.29 is 14.3 Å². The number of carbonyl (C=O) groups is 1. The number of aromatic nitrogens is 2. The number of anilines is 1. The van der Waals surface area contributed by atoms with Crippen molar-refractivity contribution in [2.24, 2.45) is 0 Å². The van der Waals surface area contributed by atoms with E-state index in [1.165, 1.54) is 0 Å². The first-order chi connectivity index (χ1) is 10.6. The number of benzene rings is 1. The maximum atomic E-state index is 11.8. The number of nitrogens with one attached hydrogen (secondary N) is 1. The number of methoxy groups -OCH3 is 1. The maximum Gasteiger partial charge on any atom is 0.263 e. The quantitative estimate of drug-likeness (QED) is 0.839. The van der Waals surface area contributed by atoms with Gasteiger partial charge in [-0.1, -0.05) is 23.2 Å². The number of nitrogens with zero attached hydrogens (tertiary/aromatic N) is 2. The van der Waals surface area contributed by atoms with E-state index in [9.17, 15) is 4.79 Å². The number of carbonyl (C=O) groups excluding carboxylic acids is 1. The van der Waals surface area contributed by atoms with Gasteiger partial charge in [0.15, 0.2) is 12.4 Å². The molecule has 0 radical (unpaired) electrons. The number of hydrogen-bond donors (Lipinski definition) is 1. The van der Waals surface area contributed by atoms with E-state index in [-0.39, 0.29) is 12.5 Å². The van der Waals surface area contributed by atoms with Gasteiger partial charge in [0.05, 0.1) is 13.2 Å². The first-order valence-electron chi connectivity index (χ1n) is 6.48. The van der Waals surface area contributed by atoms with Crippen LogP contribution in [0.4, 0.5) is 5.82 Å². The Morgan fingerprint density at radius 1 is 1.32 bits per heavy atom. The summed E-state index contributed by atoms with van der Waals surface area (Å²) < 4.78 is 12.0. The fourth-order valence-corrected chi connectivity index (χ4v) is 2.18. The summed E-state index contributed by atoms with van der Waals surface area (Å²) in [5.41, 5.74) is 0. The summed E-state index contributed by atoms with van der Waals surface area (Å²) in [5.74, 6) is 0.556. The summed E-state index contributed by atoms with van der Waals surface area (Å²) in [7, 11) is 1.62. The van der Waals surface area contributed by atoms with Crippen LogP contribution in [0, 0.1) is 0 Å². The Kier molecular flexibility index (Phi) is 6.06. The van der Waals surface area contributed by atoms with E-state index >= 15 is 0 Å². The molecule has 0 fully saturated rings. The summed E-state index contributed by atoms with van der Waals surface area (Å²) >= 11 is 11.7. The van der Waals surface area contributed by atoms with E-state index in [1.54, 1.807) is 42.3 Å². The van der Waals surface area contributed by atoms with Gasteiger partial charge in [0, 0.05) is 29.4 Å². The molecule has 2 rings (SSSR count). The average molecular weight is 344 g/mol. The summed E-state index contributed by atoms with van der Waals surface area (Å²) in [6, 6.07) is 6.45. The van der Waals surface area contributed by atoms with E-state index in [1.807, 2.05) is 0 Å². The molecule has 118 valence electrons. The Morgan fingerprint density at radius 3 is 2.73 bits per heavy atom. The van der Waals surface area contributed by atoms with Crippen LogP contribution < -0.4 is 10.1 Å². The van der Waals surface area contributed by atoms with Gasteiger partial charge < -0.3 is 14.8 Å². The molecule has 0 saturated carbocycles. The number of rotatable bonds is 7. The molecule has 0 saturated heterocycles. The minimum Gasteiger partial charge on any atom is -0.484 e. The van der Waals surface area contributed by atoms with Gasteiger partial charge in [-0.25, -0.2) is 0 Å². The van der Waals surface area contributed by atoms with Crippen molar-refractivity contribution in [3.05, 3.63) is 40.5 Å². The standard InChI is InChI=1S/C14H15Cl2N3O3/c1-21-5-4-19-3-2-13(18-19)17-14(20)9-22-12-7-10(15)6-11(16)8-12/h2-3,6-8H,4-5,9H2,1H3,(H,17,18,20). The first kappa shape index (κ1) is 16.6. The number of amides is 1. The van der Waals surface area contributed by atoms with Gasteiger partial charge in [0.25, 0.3) is 5.91 Å². The second-order valence-electron chi connectivity index (χ2n) is 4.40. The van der Waals surface area contributed by atoms with Crippen LogP contribution in [0.1, 0.15) is 0 Å². The molecule has 1 aromatic heterocycles. The number of halogens is 2. The molecule has 1 aromatic carbocycles. The first-order valence-corrected chi connectivity index (χ1v) is 7.23. The lowest BCUT2D eigenvalue weighted by Gasteiger charge is -2.07. The molecule has 0 aliphatic rings. The van der Waals surface area contributed by atoms with Crippen LogP contribution in [0.15, 0.2) is 30.5 Å². The highest BCUT2D eigenvalue weighted by atomic mass is 35.5. The van der Waals surface area contributed by atoms with Crippen LogP contribution >= 0.6 is 23.2 Å². The van der Waals surface area contributed by atoms with Crippen LogP contribution in [0.25, 0.3) is 0 Å². The molecule has 0 spiro atoms. The zero-order valence-corrected chi connectivity index (χ0v) is 13.4. The highest BCUT2D eigenvalue weighted by molar-refractivity contribution is 6.34. The SMILES string of the molecule is COCCn1ccc(NC(=O)COc2cc(Cl)cc(Cl)c2)n1. The van der Waals surface area contributed by atoms with Crippen molar-refractivity contribution in [3.63, 3.8) is 0 Å². The molecule has 8 heteroatoms. The third-order valence-corrected chi connectivity index (χ3v) is 3.08. The lowest BCUT2D eigenvalue weighted by molar-refractivity contribution is -0.118. The van der Waals surface area contributed by atoms with Crippen molar-refractivity contribution in [1.82, 2.24) is 9.78 Å². The molecule has 2 aromatic rings. The Labute approximate surface area is 137 Å². The van der Waals surface area contributed by atoms with Gasteiger partial charge in [-0.2, -0.15) is 5.10 Å². The average Bonchev–Trinajstić information content (AvgIpc) is 2.89. The van der Waals surface area contributed by atoms with Crippen LogP contribution in [0.5, 0.6) is 5.75 Å². The highest BCUT2D eigenvalue weighted by Gasteiger charge is 2.07. The third kappa shape index (κ3) is 5.22. The molecular formula is C14H15Cl2N3O3. The zero-order valence-electron chi connectivity index (χ0n) is 11.9. The van der Waals surface area contributed by atoms with E-state index in [4.69, 9.17) is 32.7 Å². The Balaban J connectivity index is 1.83. The van der Waals surface area contributed by atoms with E-state index in [0.29, 0.717) is 34.8 Å². The second kappa shape index (κ2) is 8.03. The monoisotopic (exact) mass is 343 g/mol. The van der Waals surface area contributed by atoms with E-state index in [0.717, 1.165) is 0 Å². The fraction of sp³-hybridized carbons (Fsp3) is 0.286. The van der Waals surface area contributed by atoms with Gasteiger partial charge >= 0.3 is 0 Å². The molecule has 0 aliphatic heterocycles. The highest BCUT2D eigenvalue weighted by Crippen LogP contribution is 2.24. The van der Waals surface area contributed by atoms with Crippen molar-refractivity contribution in [1.29, 1.82) is 0 Å². The van der Waals surface area contributed by atoms with E-state index in [2.05, 4.69) is 10.4 Å². The number of hydrogen-bond acceptors (Lipinski definition) is 4. The molecule has 1 N–H and O–H groups in total. The smallest absolute Gasteiger partial charge is 0.263 e. The van der Waals surface area contributed by atoms with Gasteiger partial charge in [0.1, 0.15) is 5.75 Å². The van der Waals surface area contributed by atoms with Crippen molar-refractivity contribution in [2.75, 3.05) is 25.6 Å². The molecule has 22 heavy (non-hydrogen) atoms. The van der Waals surface area contributed by atoms with Crippen LogP contribution in [0.3, 0.4) is 0 Å². The number of ether oxygens (including phenoxy) is 2. The summed E-state index contributed by atoms with van der Waals surface area (Å²) in [4.78, 5) is 11.8. The molecule has 6 nitrogen and oxygen atoms in total. The zero-order chi connectivity index (χ0) is 15.9. The normalized spacial score (nSPS) is 10.5. The van der Waals surface area contributed by atoms with Gasteiger partial charge in [-0.05, 0) is 18.2 Å². The van der Waals surface area contributed by atoms with Crippen molar-refractivity contribution >= 4 is 34.9 Å². The third-order valence-electron chi connectivity index (χ3n) is 2.64. The van der Waals surface area contributed by atoms with Crippen LogP contribution in [-0.2, 0) is 16.1 Å². The topological polar surface area (TPSA) is 65.4 Å². The van der Waals surface area contributed by atoms with Crippen molar-refractivity contribution in [3.8, 4) is 5.75 Å². The molecular weight excluding hydrogens is 329 g/mol. The van der Waals surface area contributed by atoms with E-state index < -0.39 is 0 Å². The molecule has 0 atom stereocenters. The van der Waals surface area contributed by atoms with Crippen LogP contribution in [-0.4, -0.2) is 36.0 Å². The lowest BCUT2D eigenvalue weighted by Crippen LogP contribution is -2.20. The largest absolute Gasteiger partial charge is 0.484 e. The molecule has 0 bridgehead atoms. The fourth-order valence-electron chi connectivity index (χ4n) is 1.68. The Morgan fingerprint density at radius 2 is 2.05 bits per heavy atom. The Bertz CT molecular complexity index is 626. The minimum absolute atomic E-state index is 0.165. The molecule has 0 unspecified atom stereocenters. The summed E-state index contributed by atoms with van der Waals surface area (Å²) in [6.07, 6.45) is 1.76. The van der Waals surface area contributed by atoms with Crippen molar-refractivity contribution in [2.45, 2.75) is 6.54 Å².